The van der Waals surface area contributed by atoms with Crippen molar-refractivity contribution in [1.82, 2.24) is 0 Å². The van der Waals surface area contributed by atoms with Crippen molar-refractivity contribution in [3.05, 3.63) is 97.2 Å². The molecule has 0 aliphatic rings. The number of hydrogen-bond donors (Lipinski definition) is 1. The van der Waals surface area contributed by atoms with E-state index in [1.54, 1.807) is 0 Å². The number of quaternary nitrogens is 1. The van der Waals surface area contributed by atoms with Gasteiger partial charge in [-0.15, -0.1) is 0 Å². The van der Waals surface area contributed by atoms with Gasteiger partial charge in [-0.25, -0.2) is 4.57 Å². The summed E-state index contributed by atoms with van der Waals surface area (Å²) in [5.41, 5.74) is 0. The monoisotopic (exact) mass is 943 g/mol. The molecule has 0 aromatic heterocycles. The second-order valence-electron chi connectivity index (χ2n) is 18.2. The molecule has 0 rings (SSSR count). The third kappa shape index (κ3) is 50.3. The molecule has 2 unspecified atom stereocenters. The molecule has 0 aliphatic carbocycles. The van der Waals surface area contributed by atoms with Crippen molar-refractivity contribution in [3.8, 4) is 0 Å². The molecule has 0 aromatic carbocycles. The van der Waals surface area contributed by atoms with Crippen LogP contribution in [-0.2, 0) is 32.7 Å². The molecule has 10 heteroatoms. The van der Waals surface area contributed by atoms with Crippen LogP contribution in [0.15, 0.2) is 97.2 Å². The van der Waals surface area contributed by atoms with E-state index in [9.17, 15) is 19.0 Å². The fraction of sp³-hybridized carbons (Fsp3) is 0.679. The molecule has 378 valence electrons. The number of likely N-dealkylation sites (N-methyl/N-ethyl adjacent to an activating group) is 1. The van der Waals surface area contributed by atoms with Gasteiger partial charge in [0.15, 0.2) is 6.10 Å². The Balaban J connectivity index is 4.35. The SMILES string of the molecule is CC/C=C\C/C=C\C/C=C\C/C=C\C/C=C\C/C=C\CCC(=O)OC(COC(=O)CCCCCCCCCCCCC/C=C\C/C=C\CCCCCCC)COP(=O)(O)OCC[N+](C)(C)C. The standard InChI is InChI=1S/C56H96NO8P/c1-6-8-10-12-14-16-18-20-22-24-26-27-28-29-31-32-34-36-38-40-42-44-46-48-55(58)62-52-54(53-64-66(60,61)63-51-50-57(3,4)5)65-56(59)49-47-45-43-41-39-37-35-33-30-25-23-21-19-17-15-13-11-9-7-2/h9,11,15,17-18,20-21,23-24,26,30,33,37,39,43,45,54H,6-8,10,12-14,16,19,22,25,27-29,31-32,34-36,38,40-42,44,46-53H2,1-5H3/p+1/b11-9-,17-15-,20-18-,23-21-,26-24-,33-30-,39-37-,45-43-. The van der Waals surface area contributed by atoms with Crippen molar-refractivity contribution in [2.45, 2.75) is 200 Å². The predicted molar refractivity (Wildman–Crippen MR) is 279 cm³/mol. The van der Waals surface area contributed by atoms with Crippen molar-refractivity contribution < 1.29 is 42.1 Å². The summed E-state index contributed by atoms with van der Waals surface area (Å²) in [7, 11) is 1.42. The summed E-state index contributed by atoms with van der Waals surface area (Å²) in [4.78, 5) is 35.5. The third-order valence-corrected chi connectivity index (χ3v) is 11.6. The number of phosphoric acid groups is 1. The fourth-order valence-electron chi connectivity index (χ4n) is 6.60. The fourth-order valence-corrected chi connectivity index (χ4v) is 7.34. The van der Waals surface area contributed by atoms with Gasteiger partial charge in [-0.2, -0.15) is 0 Å². The van der Waals surface area contributed by atoms with Crippen LogP contribution in [0.1, 0.15) is 194 Å². The number of unbranched alkanes of at least 4 members (excludes halogenated alkanes) is 16. The summed E-state index contributed by atoms with van der Waals surface area (Å²) in [5.74, 6) is -0.903. The number of carbonyl (C=O) groups is 2. The highest BCUT2D eigenvalue weighted by Crippen LogP contribution is 2.43. The lowest BCUT2D eigenvalue weighted by atomic mass is 10.0. The molecular weight excluding hydrogens is 846 g/mol. The Labute approximate surface area is 404 Å². The number of hydrogen-bond acceptors (Lipinski definition) is 7. The number of phosphoric ester groups is 1. The van der Waals surface area contributed by atoms with Crippen molar-refractivity contribution >= 4 is 19.8 Å². The van der Waals surface area contributed by atoms with Crippen molar-refractivity contribution in [1.29, 1.82) is 0 Å². The summed E-state index contributed by atoms with van der Waals surface area (Å²) in [5, 5.41) is 0. The minimum Gasteiger partial charge on any atom is -0.462 e. The molecule has 0 aliphatic heterocycles. The summed E-state index contributed by atoms with van der Waals surface area (Å²) in [6, 6.07) is 0. The Morgan fingerprint density at radius 2 is 0.894 bits per heavy atom. The molecule has 0 saturated heterocycles. The van der Waals surface area contributed by atoms with Gasteiger partial charge in [0.2, 0.25) is 0 Å². The summed E-state index contributed by atoms with van der Waals surface area (Å²) in [6.45, 7) is 4.21. The Morgan fingerprint density at radius 3 is 1.35 bits per heavy atom. The molecule has 66 heavy (non-hydrogen) atoms. The molecule has 0 bridgehead atoms. The Morgan fingerprint density at radius 1 is 0.485 bits per heavy atom. The lowest BCUT2D eigenvalue weighted by molar-refractivity contribution is -0.870. The van der Waals surface area contributed by atoms with E-state index in [0.29, 0.717) is 17.4 Å². The number of allylic oxidation sites excluding steroid dienone is 16. The largest absolute Gasteiger partial charge is 0.472 e. The van der Waals surface area contributed by atoms with E-state index in [1.807, 2.05) is 33.3 Å². The first-order valence-electron chi connectivity index (χ1n) is 26.0. The van der Waals surface area contributed by atoms with Gasteiger partial charge in [0, 0.05) is 12.8 Å². The summed E-state index contributed by atoms with van der Waals surface area (Å²) >= 11 is 0. The minimum absolute atomic E-state index is 0.0129. The number of carbonyl (C=O) groups excluding carboxylic acids is 2. The van der Waals surface area contributed by atoms with Crippen LogP contribution in [0.25, 0.3) is 0 Å². The van der Waals surface area contributed by atoms with Gasteiger partial charge in [0.25, 0.3) is 0 Å². The lowest BCUT2D eigenvalue weighted by Crippen LogP contribution is -2.37. The maximum absolute atomic E-state index is 12.7. The van der Waals surface area contributed by atoms with Crippen LogP contribution < -0.4 is 0 Å². The molecular formula is C56H97NO8P+. The average molecular weight is 943 g/mol. The van der Waals surface area contributed by atoms with E-state index in [0.717, 1.165) is 64.2 Å². The topological polar surface area (TPSA) is 108 Å². The molecule has 0 aromatic rings. The zero-order valence-electron chi connectivity index (χ0n) is 42.6. The normalized spacial score (nSPS) is 14.2. The second kappa shape index (κ2) is 47.0. The minimum atomic E-state index is -4.41. The smallest absolute Gasteiger partial charge is 0.462 e. The van der Waals surface area contributed by atoms with Gasteiger partial charge in [-0.1, -0.05) is 195 Å². The van der Waals surface area contributed by atoms with E-state index >= 15 is 0 Å². The van der Waals surface area contributed by atoms with Crippen LogP contribution in [0.5, 0.6) is 0 Å². The van der Waals surface area contributed by atoms with Crippen LogP contribution >= 0.6 is 7.82 Å². The van der Waals surface area contributed by atoms with Crippen LogP contribution in [0.2, 0.25) is 0 Å². The van der Waals surface area contributed by atoms with Gasteiger partial charge in [-0.05, 0) is 83.5 Å². The van der Waals surface area contributed by atoms with E-state index < -0.39 is 32.5 Å². The van der Waals surface area contributed by atoms with Crippen molar-refractivity contribution in [3.63, 3.8) is 0 Å². The quantitative estimate of drug-likeness (QED) is 0.0211. The third-order valence-electron chi connectivity index (χ3n) is 10.6. The van der Waals surface area contributed by atoms with Crippen LogP contribution in [0.3, 0.4) is 0 Å². The molecule has 0 heterocycles. The Hall–Kier alpha value is -3.07. The number of ether oxygens (including phenoxy) is 2. The summed E-state index contributed by atoms with van der Waals surface area (Å²) < 4.78 is 34.3. The molecule has 0 radical (unpaired) electrons. The van der Waals surface area contributed by atoms with E-state index in [2.05, 4.69) is 98.9 Å². The molecule has 9 nitrogen and oxygen atoms in total. The lowest BCUT2D eigenvalue weighted by Gasteiger charge is -2.24. The number of rotatable bonds is 46. The van der Waals surface area contributed by atoms with Crippen molar-refractivity contribution in [2.75, 3.05) is 47.5 Å². The first-order valence-corrected chi connectivity index (χ1v) is 27.5. The second-order valence-corrected chi connectivity index (χ2v) is 19.6. The van der Waals surface area contributed by atoms with Gasteiger partial charge in [-0.3, -0.25) is 18.6 Å². The zero-order valence-corrected chi connectivity index (χ0v) is 43.5. The summed E-state index contributed by atoms with van der Waals surface area (Å²) in [6.07, 6.45) is 63.4. The first-order chi connectivity index (χ1) is 32.0. The average Bonchev–Trinajstić information content (AvgIpc) is 3.27. The highest BCUT2D eigenvalue weighted by Gasteiger charge is 2.27. The van der Waals surface area contributed by atoms with Crippen LogP contribution in [0.4, 0.5) is 0 Å². The van der Waals surface area contributed by atoms with Gasteiger partial charge < -0.3 is 18.9 Å². The van der Waals surface area contributed by atoms with Crippen LogP contribution in [0, 0.1) is 0 Å². The van der Waals surface area contributed by atoms with Gasteiger partial charge in [0.1, 0.15) is 19.8 Å². The van der Waals surface area contributed by atoms with Crippen LogP contribution in [-0.4, -0.2) is 74.9 Å². The Bertz CT molecular complexity index is 1440. The zero-order chi connectivity index (χ0) is 48.5. The van der Waals surface area contributed by atoms with Gasteiger partial charge >= 0.3 is 19.8 Å². The number of esters is 2. The maximum atomic E-state index is 12.7. The van der Waals surface area contributed by atoms with E-state index in [-0.39, 0.29) is 26.1 Å². The van der Waals surface area contributed by atoms with E-state index in [4.69, 9.17) is 18.5 Å². The highest BCUT2D eigenvalue weighted by atomic mass is 31.2. The molecule has 2 atom stereocenters. The predicted octanol–water partition coefficient (Wildman–Crippen LogP) is 15.7. The molecule has 0 amide bonds. The molecule has 1 N–H and O–H groups in total. The Kier molecular flexibility index (Phi) is 44.8. The maximum Gasteiger partial charge on any atom is 0.472 e. The number of nitrogens with zero attached hydrogens (tertiary/aromatic N) is 1. The van der Waals surface area contributed by atoms with Gasteiger partial charge in [0.05, 0.1) is 27.7 Å². The molecule has 0 saturated carbocycles. The molecule has 0 spiro atoms. The molecule has 0 fully saturated rings. The first kappa shape index (κ1) is 62.9. The van der Waals surface area contributed by atoms with Crippen molar-refractivity contribution in [2.24, 2.45) is 0 Å². The highest BCUT2D eigenvalue weighted by molar-refractivity contribution is 7.47. The van der Waals surface area contributed by atoms with E-state index in [1.165, 1.54) is 96.3 Å².